The molecule has 0 saturated carbocycles. The maximum atomic E-state index is 13.7. The molecule has 1 heterocycles. The second-order valence-corrected chi connectivity index (χ2v) is 7.76. The van der Waals surface area contributed by atoms with Crippen LogP contribution in [0.5, 0.6) is 5.75 Å². The van der Waals surface area contributed by atoms with Crippen molar-refractivity contribution in [3.63, 3.8) is 0 Å². The molecule has 0 saturated heterocycles. The zero-order valence-corrected chi connectivity index (χ0v) is 15.4. The maximum Gasteiger partial charge on any atom is 0.267 e. The van der Waals surface area contributed by atoms with Crippen molar-refractivity contribution >= 4 is 34.1 Å². The number of nitrogens with zero attached hydrogens (tertiary/aromatic N) is 2. The summed E-state index contributed by atoms with van der Waals surface area (Å²) in [6.07, 6.45) is -0.383. The summed E-state index contributed by atoms with van der Waals surface area (Å²) in [4.78, 5) is 12.3. The smallest absolute Gasteiger partial charge is 0.267 e. The molecule has 1 N–H and O–H groups in total. The highest BCUT2D eigenvalue weighted by atomic mass is 32.2. The number of para-hydroxylation sites is 1. The van der Waals surface area contributed by atoms with Crippen LogP contribution in [0.25, 0.3) is 0 Å². The van der Waals surface area contributed by atoms with Crippen LogP contribution in [0.1, 0.15) is 27.2 Å². The van der Waals surface area contributed by atoms with Gasteiger partial charge in [-0.3, -0.25) is 10.1 Å². The number of amides is 1. The van der Waals surface area contributed by atoms with E-state index in [9.17, 15) is 9.18 Å². The third-order valence-electron chi connectivity index (χ3n) is 2.95. The number of carbonyl (C=O) groups excluding carboxylic acids is 1. The SMILES string of the molecule is CCC(Oc1ccccc1F)C(=O)Nc1nnc(SCC(C)C)s1. The third-order valence-corrected chi connectivity index (χ3v) is 5.34. The standard InChI is InChI=1S/C16H20FN3O2S2/c1-4-12(22-13-8-6-5-7-11(13)17)14(21)18-15-19-20-16(24-15)23-9-10(2)3/h5-8,10,12H,4,9H2,1-3H3,(H,18,19,21). The number of thioether (sulfide) groups is 1. The second-order valence-electron chi connectivity index (χ2n) is 5.51. The molecular formula is C16H20FN3O2S2. The number of anilines is 1. The Labute approximate surface area is 149 Å². The van der Waals surface area contributed by atoms with Gasteiger partial charge in [0, 0.05) is 5.75 Å². The minimum atomic E-state index is -0.794. The summed E-state index contributed by atoms with van der Waals surface area (Å²) in [7, 11) is 0. The highest BCUT2D eigenvalue weighted by Crippen LogP contribution is 2.27. The predicted molar refractivity (Wildman–Crippen MR) is 95.2 cm³/mol. The molecule has 8 heteroatoms. The van der Waals surface area contributed by atoms with E-state index in [1.165, 1.54) is 23.5 Å². The van der Waals surface area contributed by atoms with E-state index in [4.69, 9.17) is 4.74 Å². The lowest BCUT2D eigenvalue weighted by Gasteiger charge is -2.16. The normalized spacial score (nSPS) is 12.2. The number of halogens is 1. The highest BCUT2D eigenvalue weighted by molar-refractivity contribution is 8.01. The number of rotatable bonds is 8. The van der Waals surface area contributed by atoms with Crippen molar-refractivity contribution in [3.05, 3.63) is 30.1 Å². The molecule has 0 bridgehead atoms. The Hall–Kier alpha value is -1.67. The Bertz CT molecular complexity index is 679. The minimum absolute atomic E-state index is 0.0601. The van der Waals surface area contributed by atoms with Gasteiger partial charge in [0.25, 0.3) is 5.91 Å². The minimum Gasteiger partial charge on any atom is -0.478 e. The van der Waals surface area contributed by atoms with E-state index in [2.05, 4.69) is 29.4 Å². The number of ether oxygens (including phenoxy) is 1. The first-order valence-electron chi connectivity index (χ1n) is 7.68. The van der Waals surface area contributed by atoms with Gasteiger partial charge in [0.15, 0.2) is 22.0 Å². The largest absolute Gasteiger partial charge is 0.478 e. The van der Waals surface area contributed by atoms with E-state index in [0.29, 0.717) is 17.5 Å². The monoisotopic (exact) mass is 369 g/mol. The van der Waals surface area contributed by atoms with Crippen molar-refractivity contribution in [2.75, 3.05) is 11.1 Å². The van der Waals surface area contributed by atoms with Gasteiger partial charge >= 0.3 is 0 Å². The molecule has 2 aromatic rings. The Balaban J connectivity index is 1.95. The molecule has 0 fully saturated rings. The van der Waals surface area contributed by atoms with E-state index >= 15 is 0 Å². The molecule has 0 aliphatic carbocycles. The van der Waals surface area contributed by atoms with Gasteiger partial charge in [-0.2, -0.15) is 0 Å². The van der Waals surface area contributed by atoms with E-state index < -0.39 is 11.9 Å². The molecule has 0 aliphatic heterocycles. The number of carbonyl (C=O) groups is 1. The Morgan fingerprint density at radius 3 is 2.79 bits per heavy atom. The number of aromatic nitrogens is 2. The summed E-state index contributed by atoms with van der Waals surface area (Å²) in [5, 5.41) is 11.1. The van der Waals surface area contributed by atoms with Crippen LogP contribution in [0, 0.1) is 11.7 Å². The fourth-order valence-corrected chi connectivity index (χ4v) is 3.49. The van der Waals surface area contributed by atoms with Crippen molar-refractivity contribution < 1.29 is 13.9 Å². The first-order chi connectivity index (χ1) is 11.5. The molecule has 1 amide bonds. The fourth-order valence-electron chi connectivity index (χ4n) is 1.76. The van der Waals surface area contributed by atoms with Crippen molar-refractivity contribution in [1.82, 2.24) is 10.2 Å². The maximum absolute atomic E-state index is 13.7. The zero-order chi connectivity index (χ0) is 17.5. The summed E-state index contributed by atoms with van der Waals surface area (Å²) in [6.45, 7) is 6.06. The summed E-state index contributed by atoms with van der Waals surface area (Å²) in [5.74, 6) is 0.696. The Kier molecular flexibility index (Phi) is 6.99. The topological polar surface area (TPSA) is 64.1 Å². The molecule has 5 nitrogen and oxygen atoms in total. The van der Waals surface area contributed by atoms with Gasteiger partial charge in [-0.1, -0.05) is 56.0 Å². The van der Waals surface area contributed by atoms with Gasteiger partial charge in [-0.15, -0.1) is 10.2 Å². The van der Waals surface area contributed by atoms with E-state index in [-0.39, 0.29) is 11.7 Å². The Morgan fingerprint density at radius 1 is 1.38 bits per heavy atom. The molecule has 0 spiro atoms. The van der Waals surface area contributed by atoms with Gasteiger partial charge < -0.3 is 4.74 Å². The summed E-state index contributed by atoms with van der Waals surface area (Å²) in [5.41, 5.74) is 0. The molecule has 24 heavy (non-hydrogen) atoms. The van der Waals surface area contributed by atoms with Gasteiger partial charge in [0.05, 0.1) is 0 Å². The second kappa shape index (κ2) is 8.98. The molecule has 1 aromatic carbocycles. The van der Waals surface area contributed by atoms with E-state index in [0.717, 1.165) is 10.1 Å². The van der Waals surface area contributed by atoms with E-state index in [1.54, 1.807) is 30.8 Å². The van der Waals surface area contributed by atoms with Crippen molar-refractivity contribution in [2.45, 2.75) is 37.6 Å². The molecule has 0 aliphatic rings. The average molecular weight is 369 g/mol. The molecular weight excluding hydrogens is 349 g/mol. The van der Waals surface area contributed by atoms with Crippen LogP contribution < -0.4 is 10.1 Å². The molecule has 1 unspecified atom stereocenters. The average Bonchev–Trinajstić information content (AvgIpc) is 2.99. The Morgan fingerprint density at radius 2 is 2.12 bits per heavy atom. The van der Waals surface area contributed by atoms with Gasteiger partial charge in [-0.25, -0.2) is 4.39 Å². The highest BCUT2D eigenvalue weighted by Gasteiger charge is 2.21. The van der Waals surface area contributed by atoms with Crippen LogP contribution in [-0.4, -0.2) is 28.0 Å². The molecule has 1 aromatic heterocycles. The van der Waals surface area contributed by atoms with Crippen LogP contribution in [0.4, 0.5) is 9.52 Å². The van der Waals surface area contributed by atoms with E-state index in [1.807, 2.05) is 0 Å². The zero-order valence-electron chi connectivity index (χ0n) is 13.8. The first kappa shape index (κ1) is 18.7. The third kappa shape index (κ3) is 5.45. The number of hydrogen-bond donors (Lipinski definition) is 1. The van der Waals surface area contributed by atoms with Crippen LogP contribution in [-0.2, 0) is 4.79 Å². The lowest BCUT2D eigenvalue weighted by Crippen LogP contribution is -2.32. The van der Waals surface area contributed by atoms with Crippen LogP contribution in [0.2, 0.25) is 0 Å². The van der Waals surface area contributed by atoms with Crippen LogP contribution in [0.15, 0.2) is 28.6 Å². The lowest BCUT2D eigenvalue weighted by atomic mass is 10.2. The van der Waals surface area contributed by atoms with Crippen LogP contribution in [0.3, 0.4) is 0 Å². The van der Waals surface area contributed by atoms with Gasteiger partial charge in [0.2, 0.25) is 5.13 Å². The van der Waals surface area contributed by atoms with Crippen molar-refractivity contribution in [1.29, 1.82) is 0 Å². The number of benzene rings is 1. The summed E-state index contributed by atoms with van der Waals surface area (Å²) in [6, 6.07) is 6.02. The molecule has 130 valence electrons. The lowest BCUT2D eigenvalue weighted by molar-refractivity contribution is -0.122. The van der Waals surface area contributed by atoms with Crippen LogP contribution >= 0.6 is 23.1 Å². The van der Waals surface area contributed by atoms with Crippen molar-refractivity contribution in [3.8, 4) is 5.75 Å². The number of nitrogens with one attached hydrogen (secondary N) is 1. The molecule has 2 rings (SSSR count). The predicted octanol–water partition coefficient (Wildman–Crippen LogP) is 4.22. The quantitative estimate of drug-likeness (QED) is 0.557. The fraction of sp³-hybridized carbons (Fsp3) is 0.438. The van der Waals surface area contributed by atoms with Gasteiger partial charge in [0.1, 0.15) is 0 Å². The molecule has 1 atom stereocenters. The summed E-state index contributed by atoms with van der Waals surface area (Å²) >= 11 is 2.93. The van der Waals surface area contributed by atoms with Crippen molar-refractivity contribution in [2.24, 2.45) is 5.92 Å². The van der Waals surface area contributed by atoms with Gasteiger partial charge in [-0.05, 0) is 24.5 Å². The summed E-state index contributed by atoms with van der Waals surface area (Å²) < 4.78 is 19.9. The number of hydrogen-bond acceptors (Lipinski definition) is 6. The molecule has 0 radical (unpaired) electrons. The first-order valence-corrected chi connectivity index (χ1v) is 9.48.